The Balaban J connectivity index is 2.06. The highest BCUT2D eigenvalue weighted by atomic mass is 32.1. The zero-order chi connectivity index (χ0) is 14.5. The Morgan fingerprint density at radius 1 is 1.35 bits per heavy atom. The fraction of sp³-hybridized carbons (Fsp3) is 0.400. The number of aliphatic hydroxyl groups is 1. The summed E-state index contributed by atoms with van der Waals surface area (Å²) in [4.78, 5) is 5.26. The van der Waals surface area contributed by atoms with Crippen LogP contribution in [0, 0.1) is 17.0 Å². The zero-order valence-electron chi connectivity index (χ0n) is 11.3. The van der Waals surface area contributed by atoms with Crippen molar-refractivity contribution < 1.29 is 13.9 Å². The van der Waals surface area contributed by atoms with Gasteiger partial charge in [-0.25, -0.2) is 13.8 Å². The van der Waals surface area contributed by atoms with E-state index in [0.29, 0.717) is 11.4 Å². The van der Waals surface area contributed by atoms with Crippen molar-refractivity contribution in [1.29, 1.82) is 0 Å². The van der Waals surface area contributed by atoms with E-state index in [1.165, 1.54) is 23.5 Å². The Kier molecular flexibility index (Phi) is 3.14. The van der Waals surface area contributed by atoms with Crippen molar-refractivity contribution >= 4 is 11.3 Å². The van der Waals surface area contributed by atoms with E-state index in [-0.39, 0.29) is 11.0 Å². The lowest BCUT2D eigenvalue weighted by Crippen LogP contribution is -2.24. The van der Waals surface area contributed by atoms with Gasteiger partial charge in [-0.3, -0.25) is 0 Å². The molecular formula is C15H15F2NOS. The molecule has 2 aromatic rings. The van der Waals surface area contributed by atoms with Crippen LogP contribution in [0.3, 0.4) is 0 Å². The van der Waals surface area contributed by atoms with Crippen molar-refractivity contribution in [1.82, 2.24) is 4.98 Å². The second-order valence-corrected chi connectivity index (χ2v) is 7.05. The Labute approximate surface area is 120 Å². The zero-order valence-corrected chi connectivity index (χ0v) is 12.1. The summed E-state index contributed by atoms with van der Waals surface area (Å²) in [6.45, 7) is 4.16. The molecule has 1 heterocycles. The second-order valence-electron chi connectivity index (χ2n) is 6.02. The van der Waals surface area contributed by atoms with Gasteiger partial charge in [0, 0.05) is 11.6 Å². The number of fused-ring (bicyclic) bond motifs is 1. The Bertz CT molecular complexity index is 666. The largest absolute Gasteiger partial charge is 0.387 e. The third kappa shape index (κ3) is 2.36. The molecule has 2 nitrogen and oxygen atoms in total. The third-order valence-electron chi connectivity index (χ3n) is 3.58. The van der Waals surface area contributed by atoms with Crippen LogP contribution in [0.4, 0.5) is 8.78 Å². The Morgan fingerprint density at radius 3 is 2.80 bits per heavy atom. The molecule has 106 valence electrons. The van der Waals surface area contributed by atoms with Crippen LogP contribution in [-0.4, -0.2) is 10.1 Å². The average Bonchev–Trinajstić information content (AvgIpc) is 2.70. The van der Waals surface area contributed by atoms with Crippen molar-refractivity contribution in [3.8, 4) is 10.6 Å². The van der Waals surface area contributed by atoms with E-state index in [4.69, 9.17) is 0 Å². The molecule has 1 atom stereocenters. The number of aromatic nitrogens is 1. The number of aliphatic hydroxyl groups excluding tert-OH is 1. The highest BCUT2D eigenvalue weighted by molar-refractivity contribution is 7.15. The number of benzene rings is 1. The summed E-state index contributed by atoms with van der Waals surface area (Å²) in [6, 6.07) is 3.47. The van der Waals surface area contributed by atoms with Crippen LogP contribution in [0.25, 0.3) is 10.6 Å². The molecular weight excluding hydrogens is 280 g/mol. The molecule has 0 amide bonds. The number of hydrogen-bond donors (Lipinski definition) is 1. The van der Waals surface area contributed by atoms with E-state index in [2.05, 4.69) is 18.8 Å². The molecule has 0 saturated heterocycles. The predicted molar refractivity (Wildman–Crippen MR) is 74.5 cm³/mol. The number of rotatable bonds is 1. The molecule has 5 heteroatoms. The second kappa shape index (κ2) is 4.60. The van der Waals surface area contributed by atoms with Gasteiger partial charge in [-0.1, -0.05) is 13.8 Å². The van der Waals surface area contributed by atoms with Gasteiger partial charge in [0.2, 0.25) is 0 Å². The molecule has 20 heavy (non-hydrogen) atoms. The van der Waals surface area contributed by atoms with Crippen LogP contribution in [0.2, 0.25) is 0 Å². The van der Waals surface area contributed by atoms with Crippen molar-refractivity contribution in [3.63, 3.8) is 0 Å². The van der Waals surface area contributed by atoms with Gasteiger partial charge in [0.1, 0.15) is 16.6 Å². The SMILES string of the molecule is CC1(C)Cc2nc(-c3ccc(F)cc3F)sc2C(O)C1. The molecule has 0 radical (unpaired) electrons. The number of hydrogen-bond acceptors (Lipinski definition) is 3. The lowest BCUT2D eigenvalue weighted by Gasteiger charge is -2.31. The van der Waals surface area contributed by atoms with Gasteiger partial charge >= 0.3 is 0 Å². The van der Waals surface area contributed by atoms with Crippen molar-refractivity contribution in [2.24, 2.45) is 5.41 Å². The van der Waals surface area contributed by atoms with Gasteiger partial charge in [-0.2, -0.15) is 0 Å². The third-order valence-corrected chi connectivity index (χ3v) is 4.82. The van der Waals surface area contributed by atoms with E-state index in [1.54, 1.807) is 0 Å². The lowest BCUT2D eigenvalue weighted by atomic mass is 9.77. The molecule has 0 spiro atoms. The first-order valence-electron chi connectivity index (χ1n) is 6.49. The smallest absolute Gasteiger partial charge is 0.136 e. The quantitative estimate of drug-likeness (QED) is 0.859. The summed E-state index contributed by atoms with van der Waals surface area (Å²) in [7, 11) is 0. The van der Waals surface area contributed by atoms with E-state index in [1.807, 2.05) is 0 Å². The van der Waals surface area contributed by atoms with Gasteiger partial charge < -0.3 is 5.11 Å². The first kappa shape index (κ1) is 13.6. The number of nitrogens with zero attached hydrogens (tertiary/aromatic N) is 1. The minimum atomic E-state index is -0.621. The molecule has 1 unspecified atom stereocenters. The topological polar surface area (TPSA) is 33.1 Å². The summed E-state index contributed by atoms with van der Waals surface area (Å²) in [5, 5.41) is 10.7. The van der Waals surface area contributed by atoms with Gasteiger partial charge in [0.15, 0.2) is 0 Å². The molecule has 1 aromatic carbocycles. The maximum absolute atomic E-state index is 13.8. The summed E-state index contributed by atoms with van der Waals surface area (Å²) < 4.78 is 26.8. The highest BCUT2D eigenvalue weighted by Gasteiger charge is 2.34. The normalized spacial score (nSPS) is 20.8. The highest BCUT2D eigenvalue weighted by Crippen LogP contribution is 2.44. The molecule has 0 bridgehead atoms. The van der Waals surface area contributed by atoms with E-state index < -0.39 is 17.7 Å². The van der Waals surface area contributed by atoms with Crippen LogP contribution in [0.1, 0.15) is 36.9 Å². The van der Waals surface area contributed by atoms with Gasteiger partial charge in [0.25, 0.3) is 0 Å². The summed E-state index contributed by atoms with van der Waals surface area (Å²) in [5.74, 6) is -1.22. The van der Waals surface area contributed by atoms with Crippen LogP contribution in [0.15, 0.2) is 18.2 Å². The van der Waals surface area contributed by atoms with Crippen molar-refractivity contribution in [3.05, 3.63) is 40.4 Å². The molecule has 1 aliphatic carbocycles. The standard InChI is InChI=1S/C15H15F2NOS/c1-15(2)6-11-13(12(19)7-15)20-14(18-11)9-4-3-8(16)5-10(9)17/h3-5,12,19H,6-7H2,1-2H3. The van der Waals surface area contributed by atoms with Crippen LogP contribution in [-0.2, 0) is 6.42 Å². The average molecular weight is 295 g/mol. The molecule has 1 N–H and O–H groups in total. The minimum absolute atomic E-state index is 0.0148. The van der Waals surface area contributed by atoms with Gasteiger partial charge in [-0.15, -0.1) is 11.3 Å². The lowest BCUT2D eigenvalue weighted by molar-refractivity contribution is 0.102. The van der Waals surface area contributed by atoms with Crippen LogP contribution >= 0.6 is 11.3 Å². The number of halogens is 2. The summed E-state index contributed by atoms with van der Waals surface area (Å²) in [5.41, 5.74) is 1.10. The van der Waals surface area contributed by atoms with E-state index in [9.17, 15) is 13.9 Å². The van der Waals surface area contributed by atoms with E-state index in [0.717, 1.165) is 23.1 Å². The molecule has 0 aliphatic heterocycles. The van der Waals surface area contributed by atoms with Crippen LogP contribution < -0.4 is 0 Å². The molecule has 3 rings (SSSR count). The van der Waals surface area contributed by atoms with Crippen molar-refractivity contribution in [2.75, 3.05) is 0 Å². The Morgan fingerprint density at radius 2 is 2.10 bits per heavy atom. The van der Waals surface area contributed by atoms with E-state index >= 15 is 0 Å². The van der Waals surface area contributed by atoms with Gasteiger partial charge in [-0.05, 0) is 30.4 Å². The fourth-order valence-electron chi connectivity index (χ4n) is 2.67. The summed E-state index contributed by atoms with van der Waals surface area (Å²) >= 11 is 1.29. The maximum Gasteiger partial charge on any atom is 0.136 e. The van der Waals surface area contributed by atoms with Crippen LogP contribution in [0.5, 0.6) is 0 Å². The van der Waals surface area contributed by atoms with Crippen molar-refractivity contribution in [2.45, 2.75) is 32.8 Å². The monoisotopic (exact) mass is 295 g/mol. The van der Waals surface area contributed by atoms with Gasteiger partial charge in [0.05, 0.1) is 16.7 Å². The molecule has 0 fully saturated rings. The number of thiazole rings is 1. The first-order valence-corrected chi connectivity index (χ1v) is 7.30. The first-order chi connectivity index (χ1) is 9.35. The Hall–Kier alpha value is -1.33. The predicted octanol–water partition coefficient (Wildman–Crippen LogP) is 4.09. The maximum atomic E-state index is 13.8. The summed E-state index contributed by atoms with van der Waals surface area (Å²) in [6.07, 6.45) is 0.884. The molecule has 1 aromatic heterocycles. The molecule has 0 saturated carbocycles. The fourth-order valence-corrected chi connectivity index (χ4v) is 3.76. The minimum Gasteiger partial charge on any atom is -0.387 e. The molecule has 1 aliphatic rings.